The number of aromatic carboxylic acids is 1. The summed E-state index contributed by atoms with van der Waals surface area (Å²) in [5.41, 5.74) is 6.06. The molecule has 0 aliphatic heterocycles. The molecule has 5 nitrogen and oxygen atoms in total. The number of aryl methyl sites for hydroxylation is 1. The highest BCUT2D eigenvalue weighted by molar-refractivity contribution is 5.92. The molecule has 0 aliphatic rings. The molecule has 0 aromatic heterocycles. The van der Waals surface area contributed by atoms with Crippen molar-refractivity contribution < 1.29 is 19.8 Å². The number of carboxylic acid groups (broad SMARTS) is 2. The van der Waals surface area contributed by atoms with Gasteiger partial charge in [-0.3, -0.25) is 4.79 Å². The zero-order valence-corrected chi connectivity index (χ0v) is 8.10. The minimum atomic E-state index is -1.31. The van der Waals surface area contributed by atoms with Crippen LogP contribution in [0.5, 0.6) is 0 Å². The van der Waals surface area contributed by atoms with Crippen LogP contribution in [0.15, 0.2) is 18.2 Å². The molecule has 5 heteroatoms. The van der Waals surface area contributed by atoms with E-state index in [9.17, 15) is 9.59 Å². The van der Waals surface area contributed by atoms with E-state index in [1.54, 1.807) is 19.1 Å². The first-order chi connectivity index (χ1) is 6.95. The van der Waals surface area contributed by atoms with Crippen molar-refractivity contribution in [1.82, 2.24) is 0 Å². The highest BCUT2D eigenvalue weighted by Crippen LogP contribution is 2.20. The number of aliphatic carboxylic acids is 1. The van der Waals surface area contributed by atoms with Gasteiger partial charge < -0.3 is 15.9 Å². The molecule has 0 amide bonds. The Hall–Kier alpha value is -1.88. The summed E-state index contributed by atoms with van der Waals surface area (Å²) in [5, 5.41) is 17.6. The molecule has 1 aromatic carbocycles. The molecule has 0 saturated heterocycles. The van der Waals surface area contributed by atoms with E-state index in [-0.39, 0.29) is 11.1 Å². The molecule has 0 heterocycles. The predicted octanol–water partition coefficient (Wildman–Crippen LogP) is 0.778. The Morgan fingerprint density at radius 3 is 2.40 bits per heavy atom. The summed E-state index contributed by atoms with van der Waals surface area (Å²) in [5.74, 6) is -2.42. The van der Waals surface area contributed by atoms with Crippen molar-refractivity contribution >= 4 is 11.9 Å². The van der Waals surface area contributed by atoms with Gasteiger partial charge in [0.1, 0.15) is 6.04 Å². The van der Waals surface area contributed by atoms with E-state index in [1.165, 1.54) is 6.07 Å². The first kappa shape index (κ1) is 11.2. The lowest BCUT2D eigenvalue weighted by Gasteiger charge is -2.13. The van der Waals surface area contributed by atoms with Gasteiger partial charge in [0.25, 0.3) is 0 Å². The molecule has 0 bridgehead atoms. The SMILES string of the molecule is Cc1cccc(C(=O)O)c1[C@H](N)C(=O)O. The van der Waals surface area contributed by atoms with Crippen molar-refractivity contribution in [3.63, 3.8) is 0 Å². The van der Waals surface area contributed by atoms with Crippen LogP contribution in [0.1, 0.15) is 27.5 Å². The minimum absolute atomic E-state index is 0.0649. The van der Waals surface area contributed by atoms with Gasteiger partial charge in [0.15, 0.2) is 0 Å². The van der Waals surface area contributed by atoms with Gasteiger partial charge in [-0.2, -0.15) is 0 Å². The summed E-state index contributed by atoms with van der Waals surface area (Å²) in [6.07, 6.45) is 0. The highest BCUT2D eigenvalue weighted by Gasteiger charge is 2.22. The summed E-state index contributed by atoms with van der Waals surface area (Å²) in [4.78, 5) is 21.6. The third kappa shape index (κ3) is 2.13. The molecule has 1 rings (SSSR count). The summed E-state index contributed by atoms with van der Waals surface area (Å²) in [6.45, 7) is 1.63. The molecule has 1 aromatic rings. The largest absolute Gasteiger partial charge is 0.480 e. The van der Waals surface area contributed by atoms with Crippen molar-refractivity contribution in [1.29, 1.82) is 0 Å². The van der Waals surface area contributed by atoms with Crippen LogP contribution in [-0.2, 0) is 4.79 Å². The smallest absolute Gasteiger partial charge is 0.336 e. The number of benzene rings is 1. The van der Waals surface area contributed by atoms with Crippen molar-refractivity contribution in [2.24, 2.45) is 5.73 Å². The molecule has 0 fully saturated rings. The molecule has 1 atom stereocenters. The van der Waals surface area contributed by atoms with Crippen LogP contribution in [0.2, 0.25) is 0 Å². The van der Waals surface area contributed by atoms with Gasteiger partial charge in [-0.25, -0.2) is 4.79 Å². The molecule has 0 spiro atoms. The Kier molecular flexibility index (Phi) is 3.06. The second-order valence-electron chi connectivity index (χ2n) is 3.16. The summed E-state index contributed by atoms with van der Waals surface area (Å²) < 4.78 is 0. The van der Waals surface area contributed by atoms with Crippen LogP contribution in [0.25, 0.3) is 0 Å². The molecule has 80 valence electrons. The molecule has 0 aliphatic carbocycles. The highest BCUT2D eigenvalue weighted by atomic mass is 16.4. The Balaban J connectivity index is 3.37. The Morgan fingerprint density at radius 1 is 1.33 bits per heavy atom. The van der Waals surface area contributed by atoms with Crippen LogP contribution >= 0.6 is 0 Å². The van der Waals surface area contributed by atoms with Gasteiger partial charge >= 0.3 is 11.9 Å². The van der Waals surface area contributed by atoms with Crippen molar-refractivity contribution in [3.8, 4) is 0 Å². The van der Waals surface area contributed by atoms with Gasteiger partial charge in [-0.15, -0.1) is 0 Å². The zero-order valence-electron chi connectivity index (χ0n) is 8.10. The average Bonchev–Trinajstić information content (AvgIpc) is 2.16. The van der Waals surface area contributed by atoms with E-state index < -0.39 is 18.0 Å². The lowest BCUT2D eigenvalue weighted by atomic mass is 9.96. The molecular formula is C10H11NO4. The third-order valence-electron chi connectivity index (χ3n) is 2.13. The molecule has 0 radical (unpaired) electrons. The number of nitrogens with two attached hydrogens (primary N) is 1. The second-order valence-corrected chi connectivity index (χ2v) is 3.16. The number of carbonyl (C=O) groups is 2. The Morgan fingerprint density at radius 2 is 1.93 bits per heavy atom. The first-order valence-corrected chi connectivity index (χ1v) is 4.26. The van der Waals surface area contributed by atoms with E-state index >= 15 is 0 Å². The fourth-order valence-electron chi connectivity index (χ4n) is 1.40. The fourth-order valence-corrected chi connectivity index (χ4v) is 1.40. The van der Waals surface area contributed by atoms with Crippen molar-refractivity contribution in [2.45, 2.75) is 13.0 Å². The van der Waals surface area contributed by atoms with E-state index in [1.807, 2.05) is 0 Å². The number of hydrogen-bond donors (Lipinski definition) is 3. The monoisotopic (exact) mass is 209 g/mol. The topological polar surface area (TPSA) is 101 Å². The van der Waals surface area contributed by atoms with E-state index in [4.69, 9.17) is 15.9 Å². The molecule has 4 N–H and O–H groups in total. The summed E-state index contributed by atoms with van der Waals surface area (Å²) in [7, 11) is 0. The van der Waals surface area contributed by atoms with E-state index in [0.29, 0.717) is 5.56 Å². The lowest BCUT2D eigenvalue weighted by Crippen LogP contribution is -2.24. The second kappa shape index (κ2) is 4.10. The fraction of sp³-hybridized carbons (Fsp3) is 0.200. The van der Waals surface area contributed by atoms with E-state index in [2.05, 4.69) is 0 Å². The normalized spacial score (nSPS) is 12.1. The van der Waals surface area contributed by atoms with Gasteiger partial charge in [0, 0.05) is 0 Å². The van der Waals surface area contributed by atoms with Gasteiger partial charge in [-0.1, -0.05) is 12.1 Å². The van der Waals surface area contributed by atoms with Crippen LogP contribution in [0.4, 0.5) is 0 Å². The van der Waals surface area contributed by atoms with Crippen LogP contribution in [0.3, 0.4) is 0 Å². The number of hydrogen-bond acceptors (Lipinski definition) is 3. The van der Waals surface area contributed by atoms with Crippen LogP contribution in [0, 0.1) is 6.92 Å². The van der Waals surface area contributed by atoms with E-state index in [0.717, 1.165) is 0 Å². The third-order valence-corrected chi connectivity index (χ3v) is 2.13. The van der Waals surface area contributed by atoms with Gasteiger partial charge in [-0.05, 0) is 24.1 Å². The molecule has 0 unspecified atom stereocenters. The Labute approximate surface area is 86.1 Å². The zero-order chi connectivity index (χ0) is 11.6. The number of carboxylic acids is 2. The minimum Gasteiger partial charge on any atom is -0.480 e. The lowest BCUT2D eigenvalue weighted by molar-refractivity contribution is -0.138. The molecule has 0 saturated carbocycles. The Bertz CT molecular complexity index is 414. The average molecular weight is 209 g/mol. The predicted molar refractivity (Wildman–Crippen MR) is 52.7 cm³/mol. The summed E-state index contributed by atoms with van der Waals surface area (Å²) >= 11 is 0. The van der Waals surface area contributed by atoms with Crippen molar-refractivity contribution in [3.05, 3.63) is 34.9 Å². The van der Waals surface area contributed by atoms with Gasteiger partial charge in [0.2, 0.25) is 0 Å². The maximum atomic E-state index is 10.9. The maximum absolute atomic E-state index is 10.9. The standard InChI is InChI=1S/C10H11NO4/c1-5-3-2-4-6(9(12)13)7(5)8(11)10(14)15/h2-4,8H,11H2,1H3,(H,12,13)(H,14,15)/t8-/m0/s1. The number of rotatable bonds is 3. The van der Waals surface area contributed by atoms with Gasteiger partial charge in [0.05, 0.1) is 5.56 Å². The molecular weight excluding hydrogens is 198 g/mol. The van der Waals surface area contributed by atoms with Crippen molar-refractivity contribution in [2.75, 3.05) is 0 Å². The first-order valence-electron chi connectivity index (χ1n) is 4.26. The van der Waals surface area contributed by atoms with Crippen LogP contribution < -0.4 is 5.73 Å². The quantitative estimate of drug-likeness (QED) is 0.682. The van der Waals surface area contributed by atoms with Crippen LogP contribution in [-0.4, -0.2) is 22.2 Å². The summed E-state index contributed by atoms with van der Waals surface area (Å²) in [6, 6.07) is 3.21. The molecule has 15 heavy (non-hydrogen) atoms. The maximum Gasteiger partial charge on any atom is 0.336 e.